The van der Waals surface area contributed by atoms with E-state index >= 15 is 0 Å². The molecule has 0 spiro atoms. The average Bonchev–Trinajstić information content (AvgIpc) is 3.15. The SMILES string of the molecule is CCn1cc(/C=C(\NC(=O)c2ccc(OC)c(OC)c2)C(=O)NC(C)C)c2ccccc21. The molecule has 1 aromatic heterocycles. The van der Waals surface area contributed by atoms with Crippen molar-refractivity contribution < 1.29 is 19.1 Å². The van der Waals surface area contributed by atoms with Gasteiger partial charge in [-0.05, 0) is 51.1 Å². The monoisotopic (exact) mass is 435 g/mol. The minimum Gasteiger partial charge on any atom is -0.493 e. The maximum atomic E-state index is 13.0. The van der Waals surface area contributed by atoms with Gasteiger partial charge in [0.25, 0.3) is 11.8 Å². The first-order valence-corrected chi connectivity index (χ1v) is 10.5. The average molecular weight is 436 g/mol. The molecule has 0 radical (unpaired) electrons. The smallest absolute Gasteiger partial charge is 0.268 e. The summed E-state index contributed by atoms with van der Waals surface area (Å²) in [7, 11) is 3.03. The fraction of sp³-hybridized carbons (Fsp3) is 0.280. The second-order valence-corrected chi connectivity index (χ2v) is 7.60. The molecule has 0 atom stereocenters. The van der Waals surface area contributed by atoms with Crippen molar-refractivity contribution in [3.63, 3.8) is 0 Å². The molecule has 2 aromatic carbocycles. The van der Waals surface area contributed by atoms with E-state index in [1.165, 1.54) is 14.2 Å². The van der Waals surface area contributed by atoms with E-state index in [-0.39, 0.29) is 17.6 Å². The van der Waals surface area contributed by atoms with E-state index in [0.29, 0.717) is 17.1 Å². The van der Waals surface area contributed by atoms with Crippen LogP contribution in [0.3, 0.4) is 0 Å². The van der Waals surface area contributed by atoms with Crippen molar-refractivity contribution in [1.29, 1.82) is 0 Å². The van der Waals surface area contributed by atoms with E-state index in [1.807, 2.05) is 44.3 Å². The molecule has 0 unspecified atom stereocenters. The van der Waals surface area contributed by atoms with Gasteiger partial charge < -0.3 is 24.7 Å². The number of aryl methyl sites for hydroxylation is 1. The molecule has 168 valence electrons. The number of aromatic nitrogens is 1. The number of nitrogens with zero attached hydrogens (tertiary/aromatic N) is 1. The Hall–Kier alpha value is -3.74. The van der Waals surface area contributed by atoms with Crippen LogP contribution >= 0.6 is 0 Å². The lowest BCUT2D eigenvalue weighted by Gasteiger charge is -2.14. The summed E-state index contributed by atoms with van der Waals surface area (Å²) in [5, 5.41) is 6.63. The van der Waals surface area contributed by atoms with Gasteiger partial charge in [-0.2, -0.15) is 0 Å². The van der Waals surface area contributed by atoms with Crippen LogP contribution in [0.1, 0.15) is 36.7 Å². The van der Waals surface area contributed by atoms with Gasteiger partial charge in [-0.1, -0.05) is 18.2 Å². The predicted molar refractivity (Wildman–Crippen MR) is 126 cm³/mol. The first-order valence-electron chi connectivity index (χ1n) is 10.5. The van der Waals surface area contributed by atoms with Gasteiger partial charge in [-0.3, -0.25) is 9.59 Å². The first-order chi connectivity index (χ1) is 15.4. The van der Waals surface area contributed by atoms with E-state index in [1.54, 1.807) is 24.3 Å². The van der Waals surface area contributed by atoms with E-state index in [9.17, 15) is 9.59 Å². The Labute approximate surface area is 188 Å². The molecule has 0 bridgehead atoms. The molecule has 0 aliphatic rings. The standard InChI is InChI=1S/C25H29N3O4/c1-6-28-15-18(19-9-7-8-10-21(19)28)13-20(25(30)26-16(2)3)27-24(29)17-11-12-22(31-4)23(14-17)32-5/h7-16H,6H2,1-5H3,(H,26,30)(H,27,29)/b20-13-. The van der Waals surface area contributed by atoms with Crippen molar-refractivity contribution in [3.05, 3.63) is 65.5 Å². The van der Waals surface area contributed by atoms with Crippen molar-refractivity contribution >= 4 is 28.8 Å². The van der Waals surface area contributed by atoms with Crippen LogP contribution in [-0.4, -0.2) is 36.6 Å². The second kappa shape index (κ2) is 10.0. The number of fused-ring (bicyclic) bond motifs is 1. The topological polar surface area (TPSA) is 81.6 Å². The molecule has 0 aliphatic carbocycles. The van der Waals surface area contributed by atoms with Crippen molar-refractivity contribution in [2.75, 3.05) is 14.2 Å². The van der Waals surface area contributed by atoms with Crippen LogP contribution in [0.15, 0.2) is 54.4 Å². The zero-order valence-corrected chi connectivity index (χ0v) is 19.1. The van der Waals surface area contributed by atoms with E-state index in [4.69, 9.17) is 9.47 Å². The molecule has 3 aromatic rings. The van der Waals surface area contributed by atoms with Gasteiger partial charge in [0.05, 0.1) is 14.2 Å². The Balaban J connectivity index is 2.01. The van der Waals surface area contributed by atoms with E-state index in [2.05, 4.69) is 22.1 Å². The van der Waals surface area contributed by atoms with Crippen LogP contribution in [0.2, 0.25) is 0 Å². The molecule has 1 heterocycles. The third-order valence-corrected chi connectivity index (χ3v) is 5.02. The zero-order chi connectivity index (χ0) is 23.3. The number of carbonyl (C=O) groups excluding carboxylic acids is 2. The van der Waals surface area contributed by atoms with Crippen LogP contribution in [0.4, 0.5) is 0 Å². The summed E-state index contributed by atoms with van der Waals surface area (Å²) >= 11 is 0. The van der Waals surface area contributed by atoms with Gasteiger partial charge in [0.1, 0.15) is 5.70 Å². The van der Waals surface area contributed by atoms with Gasteiger partial charge in [-0.15, -0.1) is 0 Å². The van der Waals surface area contributed by atoms with Gasteiger partial charge >= 0.3 is 0 Å². The number of hydrogen-bond acceptors (Lipinski definition) is 4. The maximum absolute atomic E-state index is 13.0. The lowest BCUT2D eigenvalue weighted by Crippen LogP contribution is -2.38. The summed E-state index contributed by atoms with van der Waals surface area (Å²) in [6.07, 6.45) is 3.70. The summed E-state index contributed by atoms with van der Waals surface area (Å²) in [5.41, 5.74) is 2.43. The van der Waals surface area contributed by atoms with Crippen molar-refractivity contribution in [2.24, 2.45) is 0 Å². The number of methoxy groups -OCH3 is 2. The highest BCUT2D eigenvalue weighted by Crippen LogP contribution is 2.28. The Kier molecular flexibility index (Phi) is 7.20. The molecule has 7 nitrogen and oxygen atoms in total. The third-order valence-electron chi connectivity index (χ3n) is 5.02. The van der Waals surface area contributed by atoms with E-state index in [0.717, 1.165) is 23.0 Å². The minimum atomic E-state index is -0.421. The minimum absolute atomic E-state index is 0.0825. The number of benzene rings is 2. The lowest BCUT2D eigenvalue weighted by molar-refractivity contribution is -0.118. The maximum Gasteiger partial charge on any atom is 0.268 e. The Morgan fingerprint density at radius 3 is 2.44 bits per heavy atom. The molecule has 0 saturated heterocycles. The van der Waals surface area contributed by atoms with Crippen LogP contribution in [0.5, 0.6) is 11.5 Å². The fourth-order valence-electron chi connectivity index (χ4n) is 3.48. The number of para-hydroxylation sites is 1. The van der Waals surface area contributed by atoms with E-state index < -0.39 is 5.91 Å². The highest BCUT2D eigenvalue weighted by atomic mass is 16.5. The zero-order valence-electron chi connectivity index (χ0n) is 19.1. The molecule has 3 rings (SSSR count). The quantitative estimate of drug-likeness (QED) is 0.525. The fourth-order valence-corrected chi connectivity index (χ4v) is 3.48. The predicted octanol–water partition coefficient (Wildman–Crippen LogP) is 3.97. The van der Waals surface area contributed by atoms with Crippen molar-refractivity contribution in [2.45, 2.75) is 33.4 Å². The Morgan fingerprint density at radius 2 is 1.78 bits per heavy atom. The number of carbonyl (C=O) groups is 2. The molecule has 2 N–H and O–H groups in total. The lowest BCUT2D eigenvalue weighted by atomic mass is 10.1. The van der Waals surface area contributed by atoms with Crippen LogP contribution in [0, 0.1) is 0 Å². The van der Waals surface area contributed by atoms with Gasteiger partial charge in [0, 0.05) is 40.8 Å². The Morgan fingerprint density at radius 1 is 1.06 bits per heavy atom. The summed E-state index contributed by atoms with van der Waals surface area (Å²) in [4.78, 5) is 25.9. The van der Waals surface area contributed by atoms with Crippen molar-refractivity contribution in [3.8, 4) is 11.5 Å². The molecule has 0 aliphatic heterocycles. The molecule has 32 heavy (non-hydrogen) atoms. The number of rotatable bonds is 8. The van der Waals surface area contributed by atoms with Crippen LogP contribution < -0.4 is 20.1 Å². The van der Waals surface area contributed by atoms with Gasteiger partial charge in [-0.25, -0.2) is 0 Å². The van der Waals surface area contributed by atoms with Gasteiger partial charge in [0.15, 0.2) is 11.5 Å². The Bertz CT molecular complexity index is 1160. The van der Waals surface area contributed by atoms with Gasteiger partial charge in [0.2, 0.25) is 0 Å². The first kappa shape index (κ1) is 22.9. The largest absolute Gasteiger partial charge is 0.493 e. The molecular formula is C25H29N3O4. The summed E-state index contributed by atoms with van der Waals surface area (Å²) in [6.45, 7) is 6.59. The third kappa shape index (κ3) is 4.94. The second-order valence-electron chi connectivity index (χ2n) is 7.60. The molecule has 0 saturated carbocycles. The number of hydrogen-bond donors (Lipinski definition) is 2. The van der Waals surface area contributed by atoms with Crippen molar-refractivity contribution in [1.82, 2.24) is 15.2 Å². The molecule has 0 fully saturated rings. The molecule has 7 heteroatoms. The number of nitrogens with one attached hydrogen (secondary N) is 2. The number of amides is 2. The molecule has 2 amide bonds. The van der Waals surface area contributed by atoms with Crippen LogP contribution in [0.25, 0.3) is 17.0 Å². The summed E-state index contributed by atoms with van der Waals surface area (Å²) in [6, 6.07) is 12.7. The van der Waals surface area contributed by atoms with Crippen LogP contribution in [-0.2, 0) is 11.3 Å². The molecular weight excluding hydrogens is 406 g/mol. The normalized spacial score (nSPS) is 11.5. The highest BCUT2D eigenvalue weighted by molar-refractivity contribution is 6.06. The summed E-state index contributed by atoms with van der Waals surface area (Å²) < 4.78 is 12.6. The highest BCUT2D eigenvalue weighted by Gasteiger charge is 2.18. The summed E-state index contributed by atoms with van der Waals surface area (Å²) in [5.74, 6) is 0.172. The number of ether oxygens (including phenoxy) is 2.